The first-order valence-corrected chi connectivity index (χ1v) is 8.53. The van der Waals surface area contributed by atoms with Crippen LogP contribution in [0, 0.1) is 6.92 Å². The van der Waals surface area contributed by atoms with Gasteiger partial charge in [-0.05, 0) is 43.2 Å². The Balaban J connectivity index is 1.94. The lowest BCUT2D eigenvalue weighted by atomic mass is 10.1. The lowest BCUT2D eigenvalue weighted by Crippen LogP contribution is -2.07. The van der Waals surface area contributed by atoms with Gasteiger partial charge in [0.1, 0.15) is 18.1 Å². The van der Waals surface area contributed by atoms with E-state index in [9.17, 15) is 4.79 Å². The molecule has 0 saturated heterocycles. The first kappa shape index (κ1) is 17.9. The zero-order valence-electron chi connectivity index (χ0n) is 14.5. The molecule has 0 aliphatic rings. The molecule has 0 aliphatic heterocycles. The molecular formula is C19H18ClN3O3. The van der Waals surface area contributed by atoms with Crippen LogP contribution in [0.5, 0.6) is 5.75 Å². The van der Waals surface area contributed by atoms with Gasteiger partial charge in [0.15, 0.2) is 5.69 Å². The van der Waals surface area contributed by atoms with Crippen LogP contribution in [0.3, 0.4) is 0 Å². The number of benzene rings is 2. The fourth-order valence-electron chi connectivity index (χ4n) is 2.50. The number of carbonyl (C=O) groups is 1. The van der Waals surface area contributed by atoms with Crippen molar-refractivity contribution in [2.24, 2.45) is 0 Å². The normalized spacial score (nSPS) is 10.6. The van der Waals surface area contributed by atoms with E-state index in [4.69, 9.17) is 21.1 Å². The summed E-state index contributed by atoms with van der Waals surface area (Å²) in [6.45, 7) is 4.39. The molecule has 6 nitrogen and oxygen atoms in total. The molecule has 0 unspecified atom stereocenters. The van der Waals surface area contributed by atoms with E-state index in [1.165, 1.54) is 0 Å². The third kappa shape index (κ3) is 3.86. The summed E-state index contributed by atoms with van der Waals surface area (Å²) in [4.78, 5) is 12.1. The van der Waals surface area contributed by atoms with Gasteiger partial charge in [0, 0.05) is 10.6 Å². The van der Waals surface area contributed by atoms with Crippen LogP contribution in [-0.4, -0.2) is 28.0 Å². The maximum Gasteiger partial charge on any atom is 0.361 e. The van der Waals surface area contributed by atoms with Crippen molar-refractivity contribution in [3.8, 4) is 17.0 Å². The Morgan fingerprint density at radius 2 is 2.00 bits per heavy atom. The molecular weight excluding hydrogens is 354 g/mol. The Kier molecular flexibility index (Phi) is 5.53. The summed E-state index contributed by atoms with van der Waals surface area (Å²) < 4.78 is 11.0. The minimum Gasteiger partial charge on any atom is -0.488 e. The van der Waals surface area contributed by atoms with Gasteiger partial charge in [0.05, 0.1) is 6.61 Å². The number of aromatic amines is 1. The predicted octanol–water partition coefficient (Wildman–Crippen LogP) is 4.19. The number of hydrogen-bond acceptors (Lipinski definition) is 5. The number of rotatable bonds is 6. The summed E-state index contributed by atoms with van der Waals surface area (Å²) in [7, 11) is 0. The van der Waals surface area contributed by atoms with Crippen molar-refractivity contribution in [3.05, 3.63) is 64.3 Å². The molecule has 7 heteroatoms. The topological polar surface area (TPSA) is 77.1 Å². The maximum absolute atomic E-state index is 12.1. The SMILES string of the molecule is CCOC(=O)c1n[nH]nc1-c1cc(Cl)ccc1OCc1ccccc1C. The van der Waals surface area contributed by atoms with Crippen molar-refractivity contribution in [2.75, 3.05) is 6.61 Å². The van der Waals surface area contributed by atoms with E-state index < -0.39 is 5.97 Å². The summed E-state index contributed by atoms with van der Waals surface area (Å²) in [5.74, 6) is -0.00168. The highest BCUT2D eigenvalue weighted by Gasteiger charge is 2.22. The molecule has 0 bridgehead atoms. The Morgan fingerprint density at radius 1 is 1.19 bits per heavy atom. The highest BCUT2D eigenvalue weighted by Crippen LogP contribution is 2.33. The zero-order valence-corrected chi connectivity index (χ0v) is 15.2. The van der Waals surface area contributed by atoms with E-state index in [1.54, 1.807) is 25.1 Å². The number of hydrogen-bond donors (Lipinski definition) is 1. The smallest absolute Gasteiger partial charge is 0.361 e. The molecule has 134 valence electrons. The monoisotopic (exact) mass is 371 g/mol. The summed E-state index contributed by atoms with van der Waals surface area (Å²) >= 11 is 6.14. The number of halogens is 1. The van der Waals surface area contributed by atoms with Crippen molar-refractivity contribution in [3.63, 3.8) is 0 Å². The number of ether oxygens (including phenoxy) is 2. The Hall–Kier alpha value is -2.86. The lowest BCUT2D eigenvalue weighted by molar-refractivity contribution is 0.0520. The molecule has 3 aromatic rings. The third-order valence-corrected chi connectivity index (χ3v) is 4.09. The average Bonchev–Trinajstić information content (AvgIpc) is 3.12. The summed E-state index contributed by atoms with van der Waals surface area (Å²) in [5, 5.41) is 11.0. The second-order valence-electron chi connectivity index (χ2n) is 5.60. The fraction of sp³-hybridized carbons (Fsp3) is 0.211. The molecule has 0 amide bonds. The van der Waals surface area contributed by atoms with Crippen molar-refractivity contribution in [1.82, 2.24) is 15.4 Å². The summed E-state index contributed by atoms with van der Waals surface area (Å²) in [5.41, 5.74) is 3.21. The first-order chi connectivity index (χ1) is 12.6. The Morgan fingerprint density at radius 3 is 2.77 bits per heavy atom. The molecule has 1 N–H and O–H groups in total. The van der Waals surface area contributed by atoms with Crippen molar-refractivity contribution in [2.45, 2.75) is 20.5 Å². The number of nitrogens with zero attached hydrogens (tertiary/aromatic N) is 2. The van der Waals surface area contributed by atoms with Gasteiger partial charge in [-0.2, -0.15) is 10.3 Å². The summed E-state index contributed by atoms with van der Waals surface area (Å²) in [6, 6.07) is 13.1. The quantitative estimate of drug-likeness (QED) is 0.657. The van der Waals surface area contributed by atoms with E-state index in [0.717, 1.165) is 11.1 Å². The highest BCUT2D eigenvalue weighted by atomic mass is 35.5. The maximum atomic E-state index is 12.1. The fourth-order valence-corrected chi connectivity index (χ4v) is 2.67. The number of aromatic nitrogens is 3. The van der Waals surface area contributed by atoms with Crippen molar-refractivity contribution < 1.29 is 14.3 Å². The second kappa shape index (κ2) is 8.01. The van der Waals surface area contributed by atoms with Gasteiger partial charge in [-0.1, -0.05) is 35.9 Å². The minimum absolute atomic E-state index is 0.0925. The number of aryl methyl sites for hydroxylation is 1. The molecule has 0 fully saturated rings. The number of carbonyl (C=O) groups excluding carboxylic acids is 1. The molecule has 0 spiro atoms. The van der Waals surface area contributed by atoms with Crippen LogP contribution in [0.15, 0.2) is 42.5 Å². The van der Waals surface area contributed by atoms with Crippen molar-refractivity contribution >= 4 is 17.6 Å². The molecule has 1 aromatic heterocycles. The van der Waals surface area contributed by atoms with E-state index in [2.05, 4.69) is 15.4 Å². The Labute approximate surface area is 156 Å². The van der Waals surface area contributed by atoms with Crippen LogP contribution in [0.4, 0.5) is 0 Å². The van der Waals surface area contributed by atoms with Gasteiger partial charge in [0.25, 0.3) is 0 Å². The lowest BCUT2D eigenvalue weighted by Gasteiger charge is -2.12. The molecule has 3 rings (SSSR count). The number of nitrogens with one attached hydrogen (secondary N) is 1. The van der Waals surface area contributed by atoms with Crippen LogP contribution in [-0.2, 0) is 11.3 Å². The Bertz CT molecular complexity index is 924. The second-order valence-corrected chi connectivity index (χ2v) is 6.03. The number of H-pyrrole nitrogens is 1. The third-order valence-electron chi connectivity index (χ3n) is 3.86. The molecule has 0 aliphatic carbocycles. The predicted molar refractivity (Wildman–Crippen MR) is 98.3 cm³/mol. The van der Waals surface area contributed by atoms with E-state index in [-0.39, 0.29) is 12.3 Å². The molecule has 0 saturated carbocycles. The van der Waals surface area contributed by atoms with E-state index >= 15 is 0 Å². The van der Waals surface area contributed by atoms with Gasteiger partial charge in [-0.15, -0.1) is 5.10 Å². The molecule has 0 radical (unpaired) electrons. The van der Waals surface area contributed by atoms with Gasteiger partial charge in [-0.25, -0.2) is 4.79 Å². The van der Waals surface area contributed by atoms with Gasteiger partial charge in [0.2, 0.25) is 0 Å². The molecule has 0 atom stereocenters. The van der Waals surface area contributed by atoms with E-state index in [0.29, 0.717) is 28.6 Å². The summed E-state index contributed by atoms with van der Waals surface area (Å²) in [6.07, 6.45) is 0. The van der Waals surface area contributed by atoms with Crippen LogP contribution < -0.4 is 4.74 Å². The minimum atomic E-state index is -0.555. The van der Waals surface area contributed by atoms with Crippen LogP contribution >= 0.6 is 11.6 Å². The average molecular weight is 372 g/mol. The zero-order chi connectivity index (χ0) is 18.5. The van der Waals surface area contributed by atoms with E-state index in [1.807, 2.05) is 31.2 Å². The standard InChI is InChI=1S/C19H18ClN3O3/c1-3-25-19(24)18-17(21-23-22-18)15-10-14(20)8-9-16(15)26-11-13-7-5-4-6-12(13)2/h4-10H,3,11H2,1-2H3,(H,21,22,23). The van der Waals surface area contributed by atoms with Crippen molar-refractivity contribution in [1.29, 1.82) is 0 Å². The van der Waals surface area contributed by atoms with Gasteiger partial charge in [-0.3, -0.25) is 0 Å². The van der Waals surface area contributed by atoms with Crippen LogP contribution in [0.25, 0.3) is 11.3 Å². The largest absolute Gasteiger partial charge is 0.488 e. The molecule has 1 heterocycles. The van der Waals surface area contributed by atoms with Crippen LogP contribution in [0.2, 0.25) is 5.02 Å². The van der Waals surface area contributed by atoms with Gasteiger partial charge < -0.3 is 9.47 Å². The first-order valence-electron chi connectivity index (χ1n) is 8.15. The number of esters is 1. The highest BCUT2D eigenvalue weighted by molar-refractivity contribution is 6.31. The van der Waals surface area contributed by atoms with Gasteiger partial charge >= 0.3 is 5.97 Å². The van der Waals surface area contributed by atoms with Crippen LogP contribution in [0.1, 0.15) is 28.5 Å². The molecule has 26 heavy (non-hydrogen) atoms. The molecule has 2 aromatic carbocycles.